The van der Waals surface area contributed by atoms with Crippen LogP contribution in [0.15, 0.2) is 48.5 Å². The number of carbonyl (C=O) groups excluding carboxylic acids is 1. The Morgan fingerprint density at radius 2 is 1.79 bits per heavy atom. The first-order chi connectivity index (χ1) is 13.5. The van der Waals surface area contributed by atoms with Gasteiger partial charge in [-0.2, -0.15) is 0 Å². The third kappa shape index (κ3) is 3.14. The molecule has 8 heteroatoms. The molecular formula is C20H17ClN4O3. The number of para-hydroxylation sites is 1. The van der Waals surface area contributed by atoms with Crippen molar-refractivity contribution in [3.05, 3.63) is 76.3 Å². The third-order valence-corrected chi connectivity index (χ3v) is 5.15. The maximum absolute atomic E-state index is 13.1. The second-order valence-electron chi connectivity index (χ2n) is 6.61. The van der Waals surface area contributed by atoms with Gasteiger partial charge in [0.1, 0.15) is 11.9 Å². The molecule has 1 amide bonds. The van der Waals surface area contributed by atoms with E-state index in [1.54, 1.807) is 25.1 Å². The van der Waals surface area contributed by atoms with E-state index in [2.05, 4.69) is 10.1 Å². The van der Waals surface area contributed by atoms with Crippen LogP contribution in [0.3, 0.4) is 0 Å². The molecule has 4 rings (SSSR count). The molecule has 0 fully saturated rings. The van der Waals surface area contributed by atoms with Crippen molar-refractivity contribution >= 4 is 23.5 Å². The van der Waals surface area contributed by atoms with Gasteiger partial charge < -0.3 is 10.0 Å². The minimum absolute atomic E-state index is 0.0527. The fourth-order valence-corrected chi connectivity index (χ4v) is 3.63. The summed E-state index contributed by atoms with van der Waals surface area (Å²) in [5.74, 6) is -1.13. The lowest BCUT2D eigenvalue weighted by Gasteiger charge is -2.33. The zero-order valence-electron chi connectivity index (χ0n) is 15.0. The van der Waals surface area contributed by atoms with Gasteiger partial charge in [0.25, 0.3) is 5.91 Å². The molecule has 3 aromatic rings. The highest BCUT2D eigenvalue weighted by Gasteiger charge is 2.36. The normalized spacial score (nSPS) is 15.9. The summed E-state index contributed by atoms with van der Waals surface area (Å²) >= 11 is 6.23. The second-order valence-corrected chi connectivity index (χ2v) is 7.01. The van der Waals surface area contributed by atoms with Gasteiger partial charge in [-0.3, -0.25) is 4.79 Å². The monoisotopic (exact) mass is 396 g/mol. The van der Waals surface area contributed by atoms with Gasteiger partial charge in [-0.15, -0.1) is 5.10 Å². The quantitative estimate of drug-likeness (QED) is 0.735. The number of benzene rings is 2. The Kier molecular flexibility index (Phi) is 4.60. The van der Waals surface area contributed by atoms with Crippen LogP contribution < -0.4 is 0 Å². The molecule has 0 spiro atoms. The van der Waals surface area contributed by atoms with Gasteiger partial charge in [0, 0.05) is 13.0 Å². The number of aromatic nitrogens is 3. The molecule has 142 valence electrons. The van der Waals surface area contributed by atoms with E-state index in [9.17, 15) is 14.7 Å². The lowest BCUT2D eigenvalue weighted by Crippen LogP contribution is -2.49. The molecule has 2 aromatic carbocycles. The second kappa shape index (κ2) is 7.09. The van der Waals surface area contributed by atoms with Crippen LogP contribution in [0.2, 0.25) is 5.02 Å². The highest BCUT2D eigenvalue weighted by Crippen LogP contribution is 2.25. The molecule has 28 heavy (non-hydrogen) atoms. The Balaban J connectivity index is 1.70. The van der Waals surface area contributed by atoms with E-state index >= 15 is 0 Å². The number of hydrogen-bond donors (Lipinski definition) is 1. The predicted octanol–water partition coefficient (Wildman–Crippen LogP) is 2.88. The zero-order valence-corrected chi connectivity index (χ0v) is 15.8. The molecule has 0 saturated carbocycles. The number of aryl methyl sites for hydroxylation is 1. The van der Waals surface area contributed by atoms with Crippen molar-refractivity contribution in [3.8, 4) is 5.69 Å². The van der Waals surface area contributed by atoms with Gasteiger partial charge in [0.05, 0.1) is 10.7 Å². The first-order valence-corrected chi connectivity index (χ1v) is 9.12. The molecule has 7 nitrogen and oxygen atoms in total. The van der Waals surface area contributed by atoms with E-state index < -0.39 is 17.9 Å². The molecule has 0 unspecified atom stereocenters. The van der Waals surface area contributed by atoms with E-state index in [0.717, 1.165) is 11.1 Å². The molecule has 0 saturated heterocycles. The fourth-order valence-electron chi connectivity index (χ4n) is 3.42. The number of fused-ring (bicyclic) bond motifs is 1. The number of carboxylic acids is 1. The summed E-state index contributed by atoms with van der Waals surface area (Å²) in [6, 6.07) is 13.7. The van der Waals surface area contributed by atoms with Crippen LogP contribution in [0.4, 0.5) is 0 Å². The molecule has 0 aliphatic carbocycles. The summed E-state index contributed by atoms with van der Waals surface area (Å²) in [5.41, 5.74) is 2.47. The van der Waals surface area contributed by atoms with E-state index in [-0.39, 0.29) is 18.8 Å². The van der Waals surface area contributed by atoms with E-state index in [0.29, 0.717) is 16.5 Å². The molecule has 1 aliphatic heterocycles. The lowest BCUT2D eigenvalue weighted by atomic mass is 9.94. The molecule has 1 atom stereocenters. The van der Waals surface area contributed by atoms with Crippen molar-refractivity contribution in [2.75, 3.05) is 0 Å². The Labute approximate surface area is 166 Å². The van der Waals surface area contributed by atoms with Crippen LogP contribution in [-0.2, 0) is 17.8 Å². The van der Waals surface area contributed by atoms with Crippen LogP contribution in [-0.4, -0.2) is 42.7 Å². The maximum Gasteiger partial charge on any atom is 0.326 e. The van der Waals surface area contributed by atoms with Gasteiger partial charge in [0.15, 0.2) is 0 Å². The highest BCUT2D eigenvalue weighted by molar-refractivity contribution is 6.32. The average Bonchev–Trinajstić information content (AvgIpc) is 3.08. The summed E-state index contributed by atoms with van der Waals surface area (Å²) in [6.45, 7) is 1.92. The zero-order chi connectivity index (χ0) is 19.8. The van der Waals surface area contributed by atoms with Crippen LogP contribution in [0.5, 0.6) is 0 Å². The minimum atomic E-state index is -1.05. The van der Waals surface area contributed by atoms with Gasteiger partial charge in [0.2, 0.25) is 5.82 Å². The van der Waals surface area contributed by atoms with E-state index in [1.165, 1.54) is 9.58 Å². The fraction of sp³-hybridized carbons (Fsp3) is 0.200. The third-order valence-electron chi connectivity index (χ3n) is 4.84. The number of carboxylic acid groups (broad SMARTS) is 1. The number of aliphatic carboxylic acids is 1. The number of amides is 1. The van der Waals surface area contributed by atoms with Gasteiger partial charge in [-0.25, -0.2) is 14.5 Å². The SMILES string of the molecule is Cc1nc(C(=O)N2Cc3ccccc3C[C@@H]2C(=O)O)nn1-c1ccccc1Cl. The number of nitrogens with zero attached hydrogens (tertiary/aromatic N) is 4. The van der Waals surface area contributed by atoms with Gasteiger partial charge in [-0.05, 0) is 30.2 Å². The Morgan fingerprint density at radius 1 is 1.11 bits per heavy atom. The lowest BCUT2D eigenvalue weighted by molar-refractivity contribution is -0.142. The van der Waals surface area contributed by atoms with Crippen molar-refractivity contribution in [2.45, 2.75) is 25.9 Å². The van der Waals surface area contributed by atoms with E-state index in [4.69, 9.17) is 11.6 Å². The topological polar surface area (TPSA) is 88.3 Å². The Hall–Kier alpha value is -3.19. The van der Waals surface area contributed by atoms with Crippen molar-refractivity contribution in [1.82, 2.24) is 19.7 Å². The van der Waals surface area contributed by atoms with Crippen LogP contribution in [0, 0.1) is 6.92 Å². The molecule has 0 radical (unpaired) electrons. The molecule has 1 N–H and O–H groups in total. The maximum atomic E-state index is 13.1. The summed E-state index contributed by atoms with van der Waals surface area (Å²) < 4.78 is 1.49. The van der Waals surface area contributed by atoms with E-state index in [1.807, 2.05) is 30.3 Å². The first-order valence-electron chi connectivity index (χ1n) is 8.75. The van der Waals surface area contributed by atoms with Crippen molar-refractivity contribution in [3.63, 3.8) is 0 Å². The van der Waals surface area contributed by atoms with Crippen molar-refractivity contribution < 1.29 is 14.7 Å². The van der Waals surface area contributed by atoms with Gasteiger partial charge >= 0.3 is 5.97 Å². The number of rotatable bonds is 3. The van der Waals surface area contributed by atoms with Crippen LogP contribution >= 0.6 is 11.6 Å². The summed E-state index contributed by atoms with van der Waals surface area (Å²) in [6.07, 6.45) is 0.251. The Morgan fingerprint density at radius 3 is 2.50 bits per heavy atom. The average molecular weight is 397 g/mol. The number of halogens is 1. The summed E-state index contributed by atoms with van der Waals surface area (Å²) in [4.78, 5) is 30.5. The van der Waals surface area contributed by atoms with Crippen molar-refractivity contribution in [2.24, 2.45) is 0 Å². The van der Waals surface area contributed by atoms with Crippen LogP contribution in [0.25, 0.3) is 5.69 Å². The molecule has 0 bridgehead atoms. The minimum Gasteiger partial charge on any atom is -0.480 e. The molecular weight excluding hydrogens is 380 g/mol. The summed E-state index contributed by atoms with van der Waals surface area (Å²) in [7, 11) is 0. The first kappa shape index (κ1) is 18.2. The summed E-state index contributed by atoms with van der Waals surface area (Å²) in [5, 5.41) is 14.4. The molecule has 1 aliphatic rings. The molecule has 2 heterocycles. The predicted molar refractivity (Wildman–Crippen MR) is 103 cm³/mol. The van der Waals surface area contributed by atoms with Gasteiger partial charge in [-0.1, -0.05) is 48.0 Å². The molecule has 1 aromatic heterocycles. The standard InChI is InChI=1S/C20H17ClN4O3/c1-12-22-18(23-25(12)16-9-5-4-8-15(16)21)19(26)24-11-14-7-3-2-6-13(14)10-17(24)20(27)28/h2-9,17H,10-11H2,1H3,(H,27,28)/t17-/m1/s1. The van der Waals surface area contributed by atoms with Crippen LogP contribution in [0.1, 0.15) is 27.6 Å². The Bertz CT molecular complexity index is 1080. The largest absolute Gasteiger partial charge is 0.480 e. The smallest absolute Gasteiger partial charge is 0.326 e. The number of carbonyl (C=O) groups is 2. The highest BCUT2D eigenvalue weighted by atomic mass is 35.5. The van der Waals surface area contributed by atoms with Crippen molar-refractivity contribution in [1.29, 1.82) is 0 Å². The number of hydrogen-bond acceptors (Lipinski definition) is 4.